The minimum absolute atomic E-state index is 0.0926. The van der Waals surface area contributed by atoms with Crippen molar-refractivity contribution in [3.63, 3.8) is 0 Å². The SMILES string of the molecule is O=C(Nc1nc2ccc([N+](=O)[O-])cc2s1)C1(F)C(F)(F)C(F)(F)C(F)(F)C(F)(F)C1(F)F. The molecule has 0 radical (unpaired) electrons. The number of halogens is 11. The van der Waals surface area contributed by atoms with Crippen LogP contribution in [0.2, 0.25) is 0 Å². The van der Waals surface area contributed by atoms with Crippen molar-refractivity contribution in [2.24, 2.45) is 0 Å². The summed E-state index contributed by atoms with van der Waals surface area (Å²) in [5.74, 6) is -40.5. The maximum Gasteiger partial charge on any atom is 0.384 e. The Morgan fingerprint density at radius 2 is 1.34 bits per heavy atom. The Morgan fingerprint density at radius 1 is 0.875 bits per heavy atom. The number of benzene rings is 1. The van der Waals surface area contributed by atoms with Gasteiger partial charge in [0.05, 0.1) is 15.1 Å². The molecule has 0 saturated heterocycles. The second-order valence-corrected chi connectivity index (χ2v) is 7.44. The number of anilines is 1. The fourth-order valence-corrected chi connectivity index (χ4v) is 3.66. The minimum Gasteiger partial charge on any atom is -0.299 e. The number of carbonyl (C=O) groups excluding carboxylic acids is 1. The van der Waals surface area contributed by atoms with Crippen molar-refractivity contribution < 1.29 is 58.0 Å². The summed E-state index contributed by atoms with van der Waals surface area (Å²) in [7, 11) is 0. The summed E-state index contributed by atoms with van der Waals surface area (Å²) < 4.78 is 150. The number of hydrogen-bond acceptors (Lipinski definition) is 5. The van der Waals surface area contributed by atoms with Gasteiger partial charge in [-0.3, -0.25) is 20.2 Å². The average molecular weight is 503 g/mol. The van der Waals surface area contributed by atoms with Crippen LogP contribution in [0.15, 0.2) is 18.2 Å². The lowest BCUT2D eigenvalue weighted by Gasteiger charge is -2.51. The number of fused-ring (bicyclic) bond motifs is 1. The Labute approximate surface area is 171 Å². The van der Waals surface area contributed by atoms with E-state index in [9.17, 15) is 63.2 Å². The smallest absolute Gasteiger partial charge is 0.299 e. The van der Waals surface area contributed by atoms with E-state index in [0.29, 0.717) is 0 Å². The van der Waals surface area contributed by atoms with Crippen LogP contribution in [-0.4, -0.2) is 51.1 Å². The second kappa shape index (κ2) is 6.38. The lowest BCUT2D eigenvalue weighted by Crippen LogP contribution is -2.86. The molecular formula is C14H4F11N3O3S. The third-order valence-corrected chi connectivity index (χ3v) is 5.49. The first-order chi connectivity index (χ1) is 14.3. The number of nitro groups is 1. The Kier molecular flexibility index (Phi) is 4.76. The Hall–Kier alpha value is -2.79. The van der Waals surface area contributed by atoms with Gasteiger partial charge in [-0.2, -0.15) is 43.9 Å². The fraction of sp³-hybridized carbons (Fsp3) is 0.429. The van der Waals surface area contributed by atoms with E-state index >= 15 is 0 Å². The second-order valence-electron chi connectivity index (χ2n) is 6.41. The van der Waals surface area contributed by atoms with Crippen LogP contribution < -0.4 is 5.32 Å². The molecule has 0 spiro atoms. The molecule has 1 saturated carbocycles. The van der Waals surface area contributed by atoms with E-state index in [-0.39, 0.29) is 21.6 Å². The number of hydrogen-bond donors (Lipinski definition) is 1. The van der Waals surface area contributed by atoms with E-state index in [0.717, 1.165) is 23.5 Å². The average Bonchev–Trinajstić information content (AvgIpc) is 3.06. The summed E-state index contributed by atoms with van der Waals surface area (Å²) in [5.41, 5.74) is -7.71. The van der Waals surface area contributed by atoms with Crippen molar-refractivity contribution in [2.75, 3.05) is 5.32 Å². The van der Waals surface area contributed by atoms with Gasteiger partial charge in [-0.1, -0.05) is 11.3 Å². The van der Waals surface area contributed by atoms with Crippen molar-refractivity contribution in [3.8, 4) is 0 Å². The van der Waals surface area contributed by atoms with Crippen LogP contribution in [0.1, 0.15) is 0 Å². The van der Waals surface area contributed by atoms with E-state index in [1.54, 1.807) is 0 Å². The maximum absolute atomic E-state index is 14.6. The predicted octanol–water partition coefficient (Wildman–Crippen LogP) is 5.04. The van der Waals surface area contributed by atoms with E-state index < -0.39 is 56.9 Å². The minimum atomic E-state index is -7.45. The molecule has 18 heteroatoms. The number of nitrogens with zero attached hydrogens (tertiary/aromatic N) is 2. The molecule has 2 aromatic rings. The highest BCUT2D eigenvalue weighted by Gasteiger charge is 3.02. The topological polar surface area (TPSA) is 85.1 Å². The van der Waals surface area contributed by atoms with Gasteiger partial charge < -0.3 is 0 Å². The lowest BCUT2D eigenvalue weighted by molar-refractivity contribution is -0.475. The van der Waals surface area contributed by atoms with E-state index in [4.69, 9.17) is 0 Å². The number of nitro benzene ring substituents is 1. The molecule has 0 unspecified atom stereocenters. The van der Waals surface area contributed by atoms with Crippen LogP contribution in [-0.2, 0) is 4.79 Å². The van der Waals surface area contributed by atoms with Gasteiger partial charge in [-0.05, 0) is 6.07 Å². The first-order valence-electron chi connectivity index (χ1n) is 7.72. The number of alkyl halides is 11. The zero-order valence-electron chi connectivity index (χ0n) is 14.4. The van der Waals surface area contributed by atoms with Crippen molar-refractivity contribution in [1.82, 2.24) is 4.98 Å². The first-order valence-corrected chi connectivity index (χ1v) is 8.53. The predicted molar refractivity (Wildman–Crippen MR) is 83.5 cm³/mol. The molecule has 6 nitrogen and oxygen atoms in total. The largest absolute Gasteiger partial charge is 0.384 e. The quantitative estimate of drug-likeness (QED) is 0.362. The molecule has 1 amide bonds. The summed E-state index contributed by atoms with van der Waals surface area (Å²) in [6, 6.07) is 2.52. The third-order valence-electron chi connectivity index (χ3n) is 4.56. The van der Waals surface area contributed by atoms with Crippen LogP contribution in [0.25, 0.3) is 10.2 Å². The number of aromatic nitrogens is 1. The van der Waals surface area contributed by atoms with Crippen LogP contribution >= 0.6 is 11.3 Å². The summed E-state index contributed by atoms with van der Waals surface area (Å²) in [5, 5.41) is 10.4. The normalized spacial score (nSPS) is 24.1. The van der Waals surface area contributed by atoms with Gasteiger partial charge in [0, 0.05) is 12.1 Å². The van der Waals surface area contributed by atoms with E-state index in [1.807, 2.05) is 0 Å². The van der Waals surface area contributed by atoms with Crippen molar-refractivity contribution in [2.45, 2.75) is 35.3 Å². The van der Waals surface area contributed by atoms with Gasteiger partial charge in [-0.15, -0.1) is 0 Å². The molecule has 1 N–H and O–H groups in total. The van der Waals surface area contributed by atoms with Gasteiger partial charge >= 0.3 is 35.3 Å². The highest BCUT2D eigenvalue weighted by atomic mass is 32.1. The van der Waals surface area contributed by atoms with Crippen LogP contribution in [0.4, 0.5) is 59.1 Å². The number of non-ortho nitro benzene ring substituents is 1. The highest BCUT2D eigenvalue weighted by Crippen LogP contribution is 2.69. The van der Waals surface area contributed by atoms with Gasteiger partial charge in [0.1, 0.15) is 0 Å². The number of nitrogens with one attached hydrogen (secondary N) is 1. The Bertz CT molecular complexity index is 1100. The van der Waals surface area contributed by atoms with Crippen molar-refractivity contribution >= 4 is 38.3 Å². The van der Waals surface area contributed by atoms with Crippen LogP contribution in [0.5, 0.6) is 0 Å². The summed E-state index contributed by atoms with van der Waals surface area (Å²) in [6.45, 7) is 0. The molecule has 0 atom stereocenters. The van der Waals surface area contributed by atoms with Crippen molar-refractivity contribution in [1.29, 1.82) is 0 Å². The van der Waals surface area contributed by atoms with Gasteiger partial charge in [0.2, 0.25) is 0 Å². The molecule has 1 heterocycles. The van der Waals surface area contributed by atoms with E-state index in [1.165, 1.54) is 0 Å². The molecule has 32 heavy (non-hydrogen) atoms. The number of thiazole rings is 1. The number of amides is 1. The molecular weight excluding hydrogens is 499 g/mol. The zero-order valence-corrected chi connectivity index (χ0v) is 15.2. The van der Waals surface area contributed by atoms with Crippen LogP contribution in [0.3, 0.4) is 0 Å². The molecule has 1 aliphatic carbocycles. The van der Waals surface area contributed by atoms with Gasteiger partial charge in [-0.25, -0.2) is 9.37 Å². The third kappa shape index (κ3) is 2.52. The summed E-state index contributed by atoms with van der Waals surface area (Å²) in [6.07, 6.45) is 0. The molecule has 1 aromatic carbocycles. The van der Waals surface area contributed by atoms with Gasteiger partial charge in [0.25, 0.3) is 11.6 Å². The molecule has 0 bridgehead atoms. The fourth-order valence-electron chi connectivity index (χ4n) is 2.77. The Morgan fingerprint density at radius 3 is 1.81 bits per heavy atom. The zero-order chi connectivity index (χ0) is 24.7. The molecule has 3 rings (SSSR count). The monoisotopic (exact) mass is 503 g/mol. The lowest BCUT2D eigenvalue weighted by atomic mass is 9.71. The molecule has 1 aliphatic rings. The van der Waals surface area contributed by atoms with Crippen LogP contribution in [0, 0.1) is 10.1 Å². The molecule has 0 aliphatic heterocycles. The summed E-state index contributed by atoms with van der Waals surface area (Å²) in [4.78, 5) is 25.0. The van der Waals surface area contributed by atoms with Gasteiger partial charge in [0.15, 0.2) is 5.13 Å². The molecule has 1 fully saturated rings. The Balaban J connectivity index is 2.11. The molecule has 1 aromatic heterocycles. The summed E-state index contributed by atoms with van der Waals surface area (Å²) >= 11 is 0.0926. The van der Waals surface area contributed by atoms with Crippen molar-refractivity contribution in [3.05, 3.63) is 28.3 Å². The molecule has 176 valence electrons. The standard InChI is InChI=1S/C14H4F11N3O3S/c15-9(10(16,17)12(20,21)14(24,25)13(22,23)11(9,18)19)7(29)27-8-26-5-2-1-4(28(30)31)3-6(5)32-8/h1-3H,(H,26,27,29). The highest BCUT2D eigenvalue weighted by molar-refractivity contribution is 7.22. The number of rotatable bonds is 3. The first kappa shape index (κ1) is 23.9. The maximum atomic E-state index is 14.6. The van der Waals surface area contributed by atoms with E-state index in [2.05, 4.69) is 4.98 Å². The number of carbonyl (C=O) groups is 1.